The van der Waals surface area contributed by atoms with Gasteiger partial charge < -0.3 is 20.3 Å². The number of nitrogens with two attached hydrogens (primary N) is 2. The van der Waals surface area contributed by atoms with E-state index in [1.165, 1.54) is 0 Å². The van der Waals surface area contributed by atoms with E-state index in [-0.39, 0.29) is 6.04 Å². The molecule has 4 nitrogen and oxygen atoms in total. The van der Waals surface area contributed by atoms with E-state index in [2.05, 4.69) is 6.55 Å². The summed E-state index contributed by atoms with van der Waals surface area (Å²) in [6.45, 7) is 5.45. The summed E-state index contributed by atoms with van der Waals surface area (Å²) in [6, 6.07) is 1.17. The second-order valence-corrected chi connectivity index (χ2v) is 7.31. The van der Waals surface area contributed by atoms with Crippen molar-refractivity contribution >= 4 is 8.56 Å². The van der Waals surface area contributed by atoms with Gasteiger partial charge in [-0.15, -0.1) is 0 Å². The van der Waals surface area contributed by atoms with Gasteiger partial charge in [-0.1, -0.05) is 0 Å². The number of rotatable bonds is 8. The maximum absolute atomic E-state index is 5.75. The van der Waals surface area contributed by atoms with Crippen molar-refractivity contribution in [2.45, 2.75) is 38.4 Å². The topological polar surface area (TPSA) is 70.5 Å². The normalized spacial score (nSPS) is 17.8. The molecule has 0 amide bonds. The highest BCUT2D eigenvalue weighted by atomic mass is 28.4. The van der Waals surface area contributed by atoms with Gasteiger partial charge in [0.25, 0.3) is 0 Å². The van der Waals surface area contributed by atoms with Crippen molar-refractivity contribution in [3.63, 3.8) is 0 Å². The fraction of sp³-hybridized carbons (Fsp3) is 1.00. The molecule has 0 aromatic rings. The minimum atomic E-state index is -1.96. The Hall–Kier alpha value is 0.0569. The van der Waals surface area contributed by atoms with Crippen LogP contribution in [0.15, 0.2) is 0 Å². The standard InChI is InChI=1S/C9H24N2O2Si/c1-9(11)5-8-14(3,12-2)13-7-4-6-10/h9H,4-8,10-11H2,1-3H3. The SMILES string of the molecule is CO[Si](C)(CCC(C)N)OCCCN. The predicted octanol–water partition coefficient (Wildman–Crippen LogP) is 0.808. The molecule has 0 aliphatic carbocycles. The van der Waals surface area contributed by atoms with Gasteiger partial charge in [-0.25, -0.2) is 0 Å². The van der Waals surface area contributed by atoms with E-state index in [9.17, 15) is 0 Å². The van der Waals surface area contributed by atoms with Gasteiger partial charge in [0.05, 0.1) is 0 Å². The molecule has 0 saturated heterocycles. The Morgan fingerprint density at radius 2 is 2.07 bits per heavy atom. The van der Waals surface area contributed by atoms with Gasteiger partial charge in [0, 0.05) is 19.8 Å². The Morgan fingerprint density at radius 3 is 2.50 bits per heavy atom. The summed E-state index contributed by atoms with van der Waals surface area (Å²) in [5.41, 5.74) is 11.1. The van der Waals surface area contributed by atoms with Crippen LogP contribution >= 0.6 is 0 Å². The summed E-state index contributed by atoms with van der Waals surface area (Å²) < 4.78 is 11.2. The maximum Gasteiger partial charge on any atom is 0.334 e. The molecule has 0 aliphatic rings. The molecule has 86 valence electrons. The first-order valence-electron chi connectivity index (χ1n) is 5.19. The van der Waals surface area contributed by atoms with Crippen molar-refractivity contribution in [2.24, 2.45) is 11.5 Å². The smallest absolute Gasteiger partial charge is 0.334 e. The van der Waals surface area contributed by atoms with Gasteiger partial charge >= 0.3 is 8.56 Å². The van der Waals surface area contributed by atoms with Crippen LogP contribution in [0.25, 0.3) is 0 Å². The quantitative estimate of drug-likeness (QED) is 0.469. The van der Waals surface area contributed by atoms with Crippen molar-refractivity contribution in [2.75, 3.05) is 20.3 Å². The van der Waals surface area contributed by atoms with Crippen LogP contribution < -0.4 is 11.5 Å². The third-order valence-electron chi connectivity index (χ3n) is 2.24. The fourth-order valence-corrected chi connectivity index (χ4v) is 3.12. The molecule has 14 heavy (non-hydrogen) atoms. The van der Waals surface area contributed by atoms with Gasteiger partial charge in [-0.3, -0.25) is 0 Å². The first-order chi connectivity index (χ1) is 6.54. The molecule has 0 aromatic heterocycles. The first-order valence-corrected chi connectivity index (χ1v) is 7.71. The van der Waals surface area contributed by atoms with E-state index in [0.717, 1.165) is 18.9 Å². The largest absolute Gasteiger partial charge is 0.398 e. The molecule has 0 bridgehead atoms. The average molecular weight is 220 g/mol. The Bertz CT molecular complexity index is 147. The maximum atomic E-state index is 5.75. The molecule has 0 saturated carbocycles. The Morgan fingerprint density at radius 1 is 1.43 bits per heavy atom. The van der Waals surface area contributed by atoms with E-state index in [1.807, 2.05) is 6.92 Å². The zero-order valence-electron chi connectivity index (χ0n) is 9.58. The van der Waals surface area contributed by atoms with Crippen LogP contribution in [0.3, 0.4) is 0 Å². The molecule has 0 rings (SSSR count). The second kappa shape index (κ2) is 7.36. The predicted molar refractivity (Wildman–Crippen MR) is 61.3 cm³/mol. The highest BCUT2D eigenvalue weighted by molar-refractivity contribution is 6.65. The summed E-state index contributed by atoms with van der Waals surface area (Å²) in [6.07, 6.45) is 1.85. The Balaban J connectivity index is 3.79. The van der Waals surface area contributed by atoms with Crippen LogP contribution in [0.1, 0.15) is 19.8 Å². The summed E-state index contributed by atoms with van der Waals surface area (Å²) in [7, 11) is -0.241. The highest BCUT2D eigenvalue weighted by Crippen LogP contribution is 2.15. The summed E-state index contributed by atoms with van der Waals surface area (Å²) in [5.74, 6) is 0. The lowest BCUT2D eigenvalue weighted by molar-refractivity contribution is 0.202. The van der Waals surface area contributed by atoms with Crippen molar-refractivity contribution in [1.82, 2.24) is 0 Å². The molecular formula is C9H24N2O2Si. The lowest BCUT2D eigenvalue weighted by Crippen LogP contribution is -2.39. The fourth-order valence-electron chi connectivity index (χ4n) is 1.09. The van der Waals surface area contributed by atoms with Gasteiger partial charge in [-0.05, 0) is 38.9 Å². The molecule has 0 aromatic carbocycles. The van der Waals surface area contributed by atoms with Crippen molar-refractivity contribution in [3.05, 3.63) is 0 Å². The summed E-state index contributed by atoms with van der Waals surface area (Å²) in [5, 5.41) is 0. The van der Waals surface area contributed by atoms with E-state index in [0.29, 0.717) is 13.2 Å². The summed E-state index contributed by atoms with van der Waals surface area (Å²) in [4.78, 5) is 0. The number of hydrogen-bond acceptors (Lipinski definition) is 4. The Kier molecular flexibility index (Phi) is 7.39. The lowest BCUT2D eigenvalue weighted by Gasteiger charge is -2.25. The lowest BCUT2D eigenvalue weighted by atomic mass is 10.3. The van der Waals surface area contributed by atoms with Gasteiger partial charge in [0.15, 0.2) is 0 Å². The monoisotopic (exact) mass is 220 g/mol. The van der Waals surface area contributed by atoms with Gasteiger partial charge in [0.1, 0.15) is 0 Å². The molecule has 2 unspecified atom stereocenters. The van der Waals surface area contributed by atoms with Crippen molar-refractivity contribution < 1.29 is 8.85 Å². The third-order valence-corrected chi connectivity index (χ3v) is 5.12. The first kappa shape index (κ1) is 14.1. The van der Waals surface area contributed by atoms with E-state index in [4.69, 9.17) is 20.3 Å². The molecule has 4 N–H and O–H groups in total. The van der Waals surface area contributed by atoms with Crippen LogP contribution in [0.2, 0.25) is 12.6 Å². The average Bonchev–Trinajstić information content (AvgIpc) is 2.15. The van der Waals surface area contributed by atoms with Crippen LogP contribution in [-0.2, 0) is 8.85 Å². The molecule has 5 heteroatoms. The van der Waals surface area contributed by atoms with E-state index >= 15 is 0 Å². The molecule has 0 heterocycles. The summed E-state index contributed by atoms with van der Waals surface area (Å²) >= 11 is 0. The Labute approximate surface area is 88.2 Å². The zero-order chi connectivity index (χ0) is 11.0. The second-order valence-electron chi connectivity index (χ2n) is 3.84. The van der Waals surface area contributed by atoms with Gasteiger partial charge in [-0.2, -0.15) is 0 Å². The molecule has 0 aliphatic heterocycles. The molecule has 2 atom stereocenters. The highest BCUT2D eigenvalue weighted by Gasteiger charge is 2.29. The minimum Gasteiger partial charge on any atom is -0.398 e. The van der Waals surface area contributed by atoms with E-state index in [1.54, 1.807) is 7.11 Å². The molecule has 0 fully saturated rings. The van der Waals surface area contributed by atoms with Crippen molar-refractivity contribution in [3.8, 4) is 0 Å². The van der Waals surface area contributed by atoms with Gasteiger partial charge in [0.2, 0.25) is 0 Å². The zero-order valence-corrected chi connectivity index (χ0v) is 10.6. The molecule has 0 radical (unpaired) electrons. The number of hydrogen-bond donors (Lipinski definition) is 2. The minimum absolute atomic E-state index is 0.218. The third kappa shape index (κ3) is 6.50. The molecule has 0 spiro atoms. The van der Waals surface area contributed by atoms with Crippen LogP contribution in [0.4, 0.5) is 0 Å². The van der Waals surface area contributed by atoms with Crippen LogP contribution in [0.5, 0.6) is 0 Å². The van der Waals surface area contributed by atoms with Crippen molar-refractivity contribution in [1.29, 1.82) is 0 Å². The molecular weight excluding hydrogens is 196 g/mol. The van der Waals surface area contributed by atoms with Crippen LogP contribution in [0, 0.1) is 0 Å². The van der Waals surface area contributed by atoms with E-state index < -0.39 is 8.56 Å². The van der Waals surface area contributed by atoms with Crippen LogP contribution in [-0.4, -0.2) is 34.9 Å².